The van der Waals surface area contributed by atoms with E-state index in [-0.39, 0.29) is 5.78 Å². The summed E-state index contributed by atoms with van der Waals surface area (Å²) < 4.78 is 5.28. The quantitative estimate of drug-likeness (QED) is 0.646. The lowest BCUT2D eigenvalue weighted by Crippen LogP contribution is -1.94. The lowest BCUT2D eigenvalue weighted by molar-refractivity contribution is -0.117. The van der Waals surface area contributed by atoms with Crippen molar-refractivity contribution in [3.05, 3.63) is 36.9 Å². The van der Waals surface area contributed by atoms with Crippen LogP contribution in [0.25, 0.3) is 0 Å². The molecule has 0 aliphatic heterocycles. The van der Waals surface area contributed by atoms with Crippen LogP contribution in [0.15, 0.2) is 30.3 Å². The normalized spacial score (nSPS) is 9.62. The van der Waals surface area contributed by atoms with Crippen molar-refractivity contribution in [3.63, 3.8) is 0 Å². The zero-order chi connectivity index (χ0) is 9.52. The zero-order valence-corrected chi connectivity index (χ0v) is 7.69. The molecule has 0 aliphatic carbocycles. The molecule has 1 radical (unpaired) electrons. The van der Waals surface area contributed by atoms with Gasteiger partial charge in [0, 0.05) is 6.42 Å². The number of benzene rings is 1. The molecule has 0 bridgehead atoms. The number of hydrogen-bond donors (Lipinski definition) is 0. The number of carbonyl (C=O) groups is 1. The van der Waals surface area contributed by atoms with Crippen LogP contribution in [0.2, 0.25) is 0 Å². The van der Waals surface area contributed by atoms with Crippen LogP contribution in [0.4, 0.5) is 0 Å². The van der Waals surface area contributed by atoms with Gasteiger partial charge in [-0.15, -0.1) is 0 Å². The molecule has 0 N–H and O–H groups in total. The van der Waals surface area contributed by atoms with Crippen LogP contribution >= 0.6 is 0 Å². The van der Waals surface area contributed by atoms with Crippen molar-refractivity contribution in [2.75, 3.05) is 0 Å². The molecule has 1 aromatic rings. The summed E-state index contributed by atoms with van der Waals surface area (Å²) in [4.78, 5) is 10.6. The fraction of sp³-hybridized carbons (Fsp3) is 0.273. The first-order valence-electron chi connectivity index (χ1n) is 4.32. The van der Waals surface area contributed by atoms with Crippen LogP contribution in [0.5, 0.6) is 5.75 Å². The molecular formula is C11H13O2. The minimum Gasteiger partial charge on any atom is -0.487 e. The highest BCUT2D eigenvalue weighted by Gasteiger charge is 1.95. The van der Waals surface area contributed by atoms with Gasteiger partial charge in [0.1, 0.15) is 18.1 Å². The molecule has 0 aromatic heterocycles. The first kappa shape index (κ1) is 9.78. The monoisotopic (exact) mass is 177 g/mol. The predicted molar refractivity (Wildman–Crippen MR) is 51.3 cm³/mol. The van der Waals surface area contributed by atoms with Gasteiger partial charge in [-0.3, -0.25) is 0 Å². The molecular weight excluding hydrogens is 164 g/mol. The molecule has 0 aliphatic rings. The summed E-state index contributed by atoms with van der Waals surface area (Å²) >= 11 is 0. The summed E-state index contributed by atoms with van der Waals surface area (Å²) in [5, 5.41) is 0. The van der Waals surface area contributed by atoms with Crippen molar-refractivity contribution in [3.8, 4) is 5.75 Å². The Hall–Kier alpha value is -1.31. The molecule has 1 rings (SSSR count). The van der Waals surface area contributed by atoms with Crippen molar-refractivity contribution in [2.45, 2.75) is 19.8 Å². The molecule has 0 unspecified atom stereocenters. The third kappa shape index (κ3) is 4.31. The molecule has 0 fully saturated rings. The van der Waals surface area contributed by atoms with E-state index in [1.165, 1.54) is 0 Å². The molecule has 0 saturated heterocycles. The molecule has 13 heavy (non-hydrogen) atoms. The van der Waals surface area contributed by atoms with Crippen LogP contribution < -0.4 is 4.74 Å². The maximum Gasteiger partial charge on any atom is 0.136 e. The van der Waals surface area contributed by atoms with Gasteiger partial charge in [0.25, 0.3) is 0 Å². The highest BCUT2D eigenvalue weighted by molar-refractivity contribution is 5.75. The van der Waals surface area contributed by atoms with Crippen LogP contribution in [-0.2, 0) is 4.79 Å². The second-order valence-corrected chi connectivity index (χ2v) is 2.84. The van der Waals surface area contributed by atoms with E-state index < -0.39 is 0 Å². The number of ketones is 1. The second kappa shape index (κ2) is 5.36. The Labute approximate surface area is 78.5 Å². The lowest BCUT2D eigenvalue weighted by atomic mass is 10.2. The van der Waals surface area contributed by atoms with Gasteiger partial charge in [-0.25, -0.2) is 0 Å². The Balaban J connectivity index is 2.17. The molecule has 69 valence electrons. The number of hydrogen-bond acceptors (Lipinski definition) is 2. The Kier molecular flexibility index (Phi) is 4.03. The molecule has 0 spiro atoms. The number of carbonyl (C=O) groups excluding carboxylic acids is 1. The topological polar surface area (TPSA) is 26.3 Å². The number of para-hydroxylation sites is 1. The Bertz CT molecular complexity index is 254. The molecule has 1 aromatic carbocycles. The second-order valence-electron chi connectivity index (χ2n) is 2.84. The summed E-state index contributed by atoms with van der Waals surface area (Å²) in [5.41, 5.74) is 0. The standard InChI is InChI=1S/C11H13O2/c1-10(12)6-5-9-13-11-7-3-2-4-8-11/h2-4,7-9H,5-6H2,1H3. The van der Waals surface area contributed by atoms with E-state index in [0.717, 1.165) is 5.75 Å². The summed E-state index contributed by atoms with van der Waals surface area (Å²) in [6, 6.07) is 9.51. The van der Waals surface area contributed by atoms with Crippen molar-refractivity contribution < 1.29 is 9.53 Å². The Morgan fingerprint density at radius 3 is 2.69 bits per heavy atom. The Morgan fingerprint density at radius 2 is 2.08 bits per heavy atom. The van der Waals surface area contributed by atoms with Gasteiger partial charge < -0.3 is 9.53 Å². The zero-order valence-electron chi connectivity index (χ0n) is 7.69. The average molecular weight is 177 g/mol. The average Bonchev–Trinajstić information content (AvgIpc) is 2.14. The van der Waals surface area contributed by atoms with Crippen LogP contribution in [-0.4, -0.2) is 5.78 Å². The van der Waals surface area contributed by atoms with Gasteiger partial charge in [-0.1, -0.05) is 18.2 Å². The molecule has 0 amide bonds. The van der Waals surface area contributed by atoms with E-state index in [2.05, 4.69) is 0 Å². The third-order valence-corrected chi connectivity index (χ3v) is 1.58. The number of rotatable bonds is 5. The number of Topliss-reactive ketones (excluding diaryl/α,β-unsaturated/α-hetero) is 1. The largest absolute Gasteiger partial charge is 0.487 e. The van der Waals surface area contributed by atoms with Crippen LogP contribution in [0.1, 0.15) is 19.8 Å². The molecule has 0 saturated carbocycles. The molecule has 2 nitrogen and oxygen atoms in total. The van der Waals surface area contributed by atoms with E-state index in [4.69, 9.17) is 4.74 Å². The highest BCUT2D eigenvalue weighted by Crippen LogP contribution is 2.10. The molecule has 0 atom stereocenters. The van der Waals surface area contributed by atoms with Gasteiger partial charge in [-0.05, 0) is 25.5 Å². The highest BCUT2D eigenvalue weighted by atomic mass is 16.5. The van der Waals surface area contributed by atoms with Crippen LogP contribution in [0, 0.1) is 6.61 Å². The van der Waals surface area contributed by atoms with Crippen molar-refractivity contribution in [2.24, 2.45) is 0 Å². The Morgan fingerprint density at radius 1 is 1.38 bits per heavy atom. The van der Waals surface area contributed by atoms with E-state index >= 15 is 0 Å². The fourth-order valence-electron chi connectivity index (χ4n) is 0.916. The van der Waals surface area contributed by atoms with Gasteiger partial charge in [-0.2, -0.15) is 0 Å². The van der Waals surface area contributed by atoms with E-state index in [1.54, 1.807) is 13.5 Å². The maximum absolute atomic E-state index is 10.6. The SMILES string of the molecule is CC(=O)CC[CH]Oc1ccccc1. The predicted octanol–water partition coefficient (Wildman–Crippen LogP) is 2.60. The molecule has 0 heterocycles. The summed E-state index contributed by atoms with van der Waals surface area (Å²) in [5.74, 6) is 0.999. The third-order valence-electron chi connectivity index (χ3n) is 1.58. The minimum atomic E-state index is 0.188. The lowest BCUT2D eigenvalue weighted by Gasteiger charge is -2.02. The summed E-state index contributed by atoms with van der Waals surface area (Å²) in [7, 11) is 0. The van der Waals surface area contributed by atoms with Gasteiger partial charge in [0.15, 0.2) is 0 Å². The van der Waals surface area contributed by atoms with E-state index in [9.17, 15) is 4.79 Å². The van der Waals surface area contributed by atoms with Gasteiger partial charge >= 0.3 is 0 Å². The number of ether oxygens (including phenoxy) is 1. The molecule has 2 heteroatoms. The summed E-state index contributed by atoms with van der Waals surface area (Å²) in [6.45, 7) is 3.24. The van der Waals surface area contributed by atoms with Gasteiger partial charge in [0.2, 0.25) is 0 Å². The first-order valence-corrected chi connectivity index (χ1v) is 4.32. The van der Waals surface area contributed by atoms with E-state index in [0.29, 0.717) is 12.8 Å². The van der Waals surface area contributed by atoms with Crippen molar-refractivity contribution in [1.82, 2.24) is 0 Å². The fourth-order valence-corrected chi connectivity index (χ4v) is 0.916. The first-order chi connectivity index (χ1) is 6.29. The maximum atomic E-state index is 10.6. The van der Waals surface area contributed by atoms with Crippen molar-refractivity contribution in [1.29, 1.82) is 0 Å². The summed E-state index contributed by atoms with van der Waals surface area (Å²) in [6.07, 6.45) is 1.22. The smallest absolute Gasteiger partial charge is 0.136 e. The van der Waals surface area contributed by atoms with E-state index in [1.807, 2.05) is 30.3 Å². The van der Waals surface area contributed by atoms with Crippen molar-refractivity contribution >= 4 is 5.78 Å². The van der Waals surface area contributed by atoms with Gasteiger partial charge in [0.05, 0.1) is 0 Å². The minimum absolute atomic E-state index is 0.188. The van der Waals surface area contributed by atoms with Crippen LogP contribution in [0.3, 0.4) is 0 Å².